The van der Waals surface area contributed by atoms with Crippen LogP contribution in [0.3, 0.4) is 0 Å². The van der Waals surface area contributed by atoms with Crippen molar-refractivity contribution in [3.8, 4) is 5.82 Å². The van der Waals surface area contributed by atoms with E-state index in [1.807, 2.05) is 6.07 Å². The van der Waals surface area contributed by atoms with Crippen molar-refractivity contribution in [2.75, 3.05) is 0 Å². The van der Waals surface area contributed by atoms with Crippen LogP contribution < -0.4 is 5.32 Å². The van der Waals surface area contributed by atoms with E-state index in [1.54, 1.807) is 53.6 Å². The first-order valence-corrected chi connectivity index (χ1v) is 7.58. The summed E-state index contributed by atoms with van der Waals surface area (Å²) in [5, 5.41) is 17.9. The third kappa shape index (κ3) is 3.86. The number of pyridine rings is 1. The number of nitrogens with one attached hydrogen (secondary N) is 1. The standard InChI is InChI=1S/C17H15N5O3/c23-16(11-13-5-1-2-7-15(13)22(24)25)19-12-14-6-3-8-18-17(14)21-10-4-9-20-21/h1-10H,11-12H2,(H,19,23). The summed E-state index contributed by atoms with van der Waals surface area (Å²) in [6.07, 6.45) is 5.00. The van der Waals surface area contributed by atoms with E-state index in [-0.39, 0.29) is 24.6 Å². The first kappa shape index (κ1) is 16.3. The number of amides is 1. The van der Waals surface area contributed by atoms with Crippen molar-refractivity contribution in [3.63, 3.8) is 0 Å². The van der Waals surface area contributed by atoms with E-state index < -0.39 is 4.92 Å². The topological polar surface area (TPSA) is 103 Å². The van der Waals surface area contributed by atoms with Crippen LogP contribution in [0.15, 0.2) is 61.1 Å². The van der Waals surface area contributed by atoms with Crippen molar-refractivity contribution in [3.05, 3.63) is 82.3 Å². The molecule has 0 saturated carbocycles. The van der Waals surface area contributed by atoms with Crippen molar-refractivity contribution in [1.29, 1.82) is 0 Å². The molecule has 2 aromatic heterocycles. The molecule has 0 bridgehead atoms. The van der Waals surface area contributed by atoms with Gasteiger partial charge in [0.15, 0.2) is 5.82 Å². The van der Waals surface area contributed by atoms with Gasteiger partial charge in [-0.3, -0.25) is 14.9 Å². The Morgan fingerprint density at radius 1 is 1.12 bits per heavy atom. The molecule has 0 spiro atoms. The third-order valence-electron chi connectivity index (χ3n) is 3.60. The van der Waals surface area contributed by atoms with Crippen LogP contribution in [-0.4, -0.2) is 25.6 Å². The molecule has 25 heavy (non-hydrogen) atoms. The Morgan fingerprint density at radius 2 is 1.92 bits per heavy atom. The molecule has 0 unspecified atom stereocenters. The van der Waals surface area contributed by atoms with Crippen LogP contribution in [0.4, 0.5) is 5.69 Å². The maximum atomic E-state index is 12.2. The number of aromatic nitrogens is 3. The smallest absolute Gasteiger partial charge is 0.273 e. The van der Waals surface area contributed by atoms with Gasteiger partial charge >= 0.3 is 0 Å². The van der Waals surface area contributed by atoms with Crippen LogP contribution >= 0.6 is 0 Å². The summed E-state index contributed by atoms with van der Waals surface area (Å²) >= 11 is 0. The number of hydrogen-bond donors (Lipinski definition) is 1. The van der Waals surface area contributed by atoms with E-state index in [2.05, 4.69) is 15.4 Å². The monoisotopic (exact) mass is 337 g/mol. The Kier molecular flexibility index (Phi) is 4.79. The van der Waals surface area contributed by atoms with Crippen molar-refractivity contribution in [2.24, 2.45) is 0 Å². The van der Waals surface area contributed by atoms with Gasteiger partial charge in [0, 0.05) is 42.3 Å². The Labute approximate surface area is 143 Å². The van der Waals surface area contributed by atoms with Crippen LogP contribution in [0, 0.1) is 10.1 Å². The van der Waals surface area contributed by atoms with Crippen molar-refractivity contribution >= 4 is 11.6 Å². The number of para-hydroxylation sites is 1. The quantitative estimate of drug-likeness (QED) is 0.547. The lowest BCUT2D eigenvalue weighted by Crippen LogP contribution is -2.25. The fraction of sp³-hybridized carbons (Fsp3) is 0.118. The van der Waals surface area contributed by atoms with Crippen LogP contribution in [0.2, 0.25) is 0 Å². The van der Waals surface area contributed by atoms with E-state index in [4.69, 9.17) is 0 Å². The minimum absolute atomic E-state index is 0.0590. The third-order valence-corrected chi connectivity index (χ3v) is 3.60. The minimum Gasteiger partial charge on any atom is -0.352 e. The van der Waals surface area contributed by atoms with Gasteiger partial charge in [0.25, 0.3) is 5.69 Å². The largest absolute Gasteiger partial charge is 0.352 e. The van der Waals surface area contributed by atoms with Gasteiger partial charge in [-0.2, -0.15) is 5.10 Å². The van der Waals surface area contributed by atoms with Gasteiger partial charge < -0.3 is 5.32 Å². The average molecular weight is 337 g/mol. The number of carbonyl (C=O) groups excluding carboxylic acids is 1. The molecule has 3 aromatic rings. The number of nitro groups is 1. The molecular weight excluding hydrogens is 322 g/mol. The van der Waals surface area contributed by atoms with Gasteiger partial charge in [-0.25, -0.2) is 9.67 Å². The molecule has 1 N–H and O–H groups in total. The fourth-order valence-electron chi connectivity index (χ4n) is 2.44. The number of nitro benzene ring substituents is 1. The van der Waals surface area contributed by atoms with Crippen molar-refractivity contribution in [2.45, 2.75) is 13.0 Å². The van der Waals surface area contributed by atoms with Gasteiger partial charge in [0.05, 0.1) is 11.3 Å². The van der Waals surface area contributed by atoms with Gasteiger partial charge in [-0.15, -0.1) is 0 Å². The number of rotatable bonds is 6. The van der Waals surface area contributed by atoms with Crippen LogP contribution in [0.5, 0.6) is 0 Å². The Bertz CT molecular complexity index is 893. The van der Waals surface area contributed by atoms with Gasteiger partial charge in [-0.05, 0) is 12.1 Å². The Hall–Kier alpha value is -3.55. The maximum absolute atomic E-state index is 12.2. The van der Waals surface area contributed by atoms with Gasteiger partial charge in [-0.1, -0.05) is 24.3 Å². The molecule has 1 amide bonds. The number of benzene rings is 1. The zero-order valence-electron chi connectivity index (χ0n) is 13.2. The molecule has 1 aromatic carbocycles. The number of nitrogens with zero attached hydrogens (tertiary/aromatic N) is 4. The van der Waals surface area contributed by atoms with E-state index in [0.29, 0.717) is 11.4 Å². The first-order chi connectivity index (χ1) is 12.1. The summed E-state index contributed by atoms with van der Waals surface area (Å²) in [7, 11) is 0. The molecule has 0 fully saturated rings. The van der Waals surface area contributed by atoms with Gasteiger partial charge in [0.2, 0.25) is 5.91 Å². The highest BCUT2D eigenvalue weighted by Crippen LogP contribution is 2.18. The average Bonchev–Trinajstić information content (AvgIpc) is 3.15. The lowest BCUT2D eigenvalue weighted by Gasteiger charge is -2.10. The second-order valence-corrected chi connectivity index (χ2v) is 5.28. The molecule has 0 aliphatic heterocycles. The van der Waals surface area contributed by atoms with Crippen LogP contribution in [0.1, 0.15) is 11.1 Å². The molecule has 0 aliphatic carbocycles. The first-order valence-electron chi connectivity index (χ1n) is 7.58. The zero-order valence-corrected chi connectivity index (χ0v) is 13.2. The molecule has 3 rings (SSSR count). The van der Waals surface area contributed by atoms with Crippen LogP contribution in [0.25, 0.3) is 5.82 Å². The molecule has 2 heterocycles. The molecule has 8 heteroatoms. The molecule has 126 valence electrons. The Morgan fingerprint density at radius 3 is 2.68 bits per heavy atom. The molecule has 0 radical (unpaired) electrons. The highest BCUT2D eigenvalue weighted by molar-refractivity contribution is 5.79. The SMILES string of the molecule is O=C(Cc1ccccc1[N+](=O)[O-])NCc1cccnc1-n1cccn1. The predicted molar refractivity (Wildman–Crippen MR) is 90.0 cm³/mol. The molecule has 8 nitrogen and oxygen atoms in total. The van der Waals surface area contributed by atoms with Crippen molar-refractivity contribution < 1.29 is 9.72 Å². The molecular formula is C17H15N5O3. The molecule has 0 aliphatic rings. The molecule has 0 saturated heterocycles. The molecule has 0 atom stereocenters. The van der Waals surface area contributed by atoms with E-state index in [9.17, 15) is 14.9 Å². The Balaban J connectivity index is 1.69. The van der Waals surface area contributed by atoms with E-state index in [1.165, 1.54) is 6.07 Å². The summed E-state index contributed by atoms with van der Waals surface area (Å²) in [5.74, 6) is 0.322. The summed E-state index contributed by atoms with van der Waals surface area (Å²) in [5.41, 5.74) is 1.11. The second-order valence-electron chi connectivity index (χ2n) is 5.28. The van der Waals surface area contributed by atoms with E-state index >= 15 is 0 Å². The maximum Gasteiger partial charge on any atom is 0.273 e. The summed E-state index contributed by atoms with van der Waals surface area (Å²) in [6.45, 7) is 0.252. The zero-order chi connectivity index (χ0) is 17.6. The number of hydrogen-bond acceptors (Lipinski definition) is 5. The normalized spacial score (nSPS) is 10.4. The second kappa shape index (κ2) is 7.35. The van der Waals surface area contributed by atoms with Crippen molar-refractivity contribution in [1.82, 2.24) is 20.1 Å². The fourth-order valence-corrected chi connectivity index (χ4v) is 2.44. The highest BCUT2D eigenvalue weighted by Gasteiger charge is 2.15. The number of carbonyl (C=O) groups is 1. The van der Waals surface area contributed by atoms with Crippen LogP contribution in [-0.2, 0) is 17.8 Å². The van der Waals surface area contributed by atoms with Gasteiger partial charge in [0.1, 0.15) is 0 Å². The van der Waals surface area contributed by atoms with E-state index in [0.717, 1.165) is 5.56 Å². The predicted octanol–water partition coefficient (Wildman–Crippen LogP) is 2.03. The summed E-state index contributed by atoms with van der Waals surface area (Å²) in [4.78, 5) is 27.0. The minimum atomic E-state index is -0.487. The summed E-state index contributed by atoms with van der Waals surface area (Å²) < 4.78 is 1.61. The lowest BCUT2D eigenvalue weighted by molar-refractivity contribution is -0.385. The lowest BCUT2D eigenvalue weighted by atomic mass is 10.1. The summed E-state index contributed by atoms with van der Waals surface area (Å²) in [6, 6.07) is 11.6. The highest BCUT2D eigenvalue weighted by atomic mass is 16.6.